The molecule has 0 aromatic rings. The van der Waals surface area contributed by atoms with E-state index in [1.807, 2.05) is 7.05 Å². The zero-order valence-corrected chi connectivity index (χ0v) is 6.52. The first-order valence-corrected chi connectivity index (χ1v) is 3.70. The van der Waals surface area contributed by atoms with E-state index in [-0.39, 0.29) is 0 Å². The van der Waals surface area contributed by atoms with Crippen molar-refractivity contribution in [3.05, 3.63) is 0 Å². The molecule has 0 rings (SSSR count). The van der Waals surface area contributed by atoms with Gasteiger partial charge in [-0.15, -0.1) is 0 Å². The van der Waals surface area contributed by atoms with Gasteiger partial charge in [0.1, 0.15) is 6.29 Å². The summed E-state index contributed by atoms with van der Waals surface area (Å²) in [6.07, 6.45) is 2.68. The second-order valence-electron chi connectivity index (χ2n) is 2.16. The number of nitrogens with one attached hydrogen (secondary N) is 2. The van der Waals surface area contributed by atoms with Crippen LogP contribution in [0.25, 0.3) is 0 Å². The Labute approximate surface area is 62.2 Å². The molecule has 0 radical (unpaired) electrons. The third-order valence-corrected chi connectivity index (χ3v) is 1.22. The van der Waals surface area contributed by atoms with Crippen LogP contribution in [-0.4, -0.2) is 33.0 Å². The van der Waals surface area contributed by atoms with Crippen molar-refractivity contribution in [3.8, 4) is 0 Å². The molecule has 0 saturated heterocycles. The summed E-state index contributed by atoms with van der Waals surface area (Å²) in [4.78, 5) is 9.84. The van der Waals surface area contributed by atoms with Crippen molar-refractivity contribution in [2.45, 2.75) is 12.8 Å². The number of hydrogen-bond acceptors (Lipinski definition) is 3. The van der Waals surface area contributed by atoms with E-state index in [4.69, 9.17) is 0 Å². The van der Waals surface area contributed by atoms with Crippen LogP contribution in [0.15, 0.2) is 0 Å². The Morgan fingerprint density at radius 3 is 2.70 bits per heavy atom. The Bertz CT molecular complexity index is 76.0. The second kappa shape index (κ2) is 8.59. The van der Waals surface area contributed by atoms with Gasteiger partial charge in [0.25, 0.3) is 0 Å². The minimum atomic E-state index is 0.625. The topological polar surface area (TPSA) is 41.1 Å². The van der Waals surface area contributed by atoms with Gasteiger partial charge in [0.15, 0.2) is 0 Å². The highest BCUT2D eigenvalue weighted by Gasteiger charge is 1.84. The van der Waals surface area contributed by atoms with Crippen LogP contribution in [0, 0.1) is 0 Å². The van der Waals surface area contributed by atoms with E-state index < -0.39 is 0 Å². The van der Waals surface area contributed by atoms with Crippen molar-refractivity contribution in [3.63, 3.8) is 0 Å². The van der Waals surface area contributed by atoms with Crippen molar-refractivity contribution < 1.29 is 4.79 Å². The summed E-state index contributed by atoms with van der Waals surface area (Å²) >= 11 is 0. The molecule has 60 valence electrons. The second-order valence-corrected chi connectivity index (χ2v) is 2.16. The number of carbonyl (C=O) groups is 1. The normalized spacial score (nSPS) is 9.70. The predicted octanol–water partition coefficient (Wildman–Crippen LogP) is -0.226. The van der Waals surface area contributed by atoms with Gasteiger partial charge < -0.3 is 15.4 Å². The fraction of sp³-hybridized carbons (Fsp3) is 0.857. The lowest BCUT2D eigenvalue weighted by Gasteiger charge is -2.00. The maximum Gasteiger partial charge on any atom is 0.121 e. The molecular weight excluding hydrogens is 128 g/mol. The lowest BCUT2D eigenvalue weighted by atomic mass is 10.4. The van der Waals surface area contributed by atoms with Gasteiger partial charge in [-0.1, -0.05) is 0 Å². The molecule has 0 bridgehead atoms. The number of hydrogen-bond donors (Lipinski definition) is 2. The monoisotopic (exact) mass is 144 g/mol. The molecule has 0 spiro atoms. The Hall–Kier alpha value is -0.410. The Morgan fingerprint density at radius 2 is 2.10 bits per heavy atom. The van der Waals surface area contributed by atoms with Crippen LogP contribution in [0.2, 0.25) is 0 Å². The fourth-order valence-electron chi connectivity index (χ4n) is 0.676. The molecule has 0 atom stereocenters. The molecule has 0 aromatic carbocycles. The Balaban J connectivity index is 2.70. The van der Waals surface area contributed by atoms with Gasteiger partial charge in [-0.3, -0.25) is 0 Å². The molecule has 10 heavy (non-hydrogen) atoms. The van der Waals surface area contributed by atoms with Crippen molar-refractivity contribution in [2.75, 3.05) is 26.7 Å². The van der Waals surface area contributed by atoms with Crippen molar-refractivity contribution in [1.82, 2.24) is 10.6 Å². The predicted molar refractivity (Wildman–Crippen MR) is 42.1 cm³/mol. The van der Waals surface area contributed by atoms with E-state index in [1.54, 1.807) is 0 Å². The summed E-state index contributed by atoms with van der Waals surface area (Å²) in [7, 11) is 1.94. The van der Waals surface area contributed by atoms with Gasteiger partial charge in [0.05, 0.1) is 0 Å². The van der Waals surface area contributed by atoms with Crippen LogP contribution < -0.4 is 10.6 Å². The molecule has 0 fully saturated rings. The molecule has 0 aliphatic rings. The Kier molecular flexibility index (Phi) is 8.24. The Morgan fingerprint density at radius 1 is 1.30 bits per heavy atom. The van der Waals surface area contributed by atoms with E-state index in [0.29, 0.717) is 6.42 Å². The molecule has 3 nitrogen and oxygen atoms in total. The average molecular weight is 144 g/mol. The molecule has 0 amide bonds. The summed E-state index contributed by atoms with van der Waals surface area (Å²) in [5.41, 5.74) is 0. The van der Waals surface area contributed by atoms with Crippen molar-refractivity contribution >= 4 is 6.29 Å². The molecule has 0 aromatic heterocycles. The zero-order valence-electron chi connectivity index (χ0n) is 6.52. The first kappa shape index (κ1) is 9.59. The summed E-state index contributed by atoms with van der Waals surface area (Å²) in [6.45, 7) is 2.84. The minimum absolute atomic E-state index is 0.625. The molecule has 0 saturated carbocycles. The number of rotatable bonds is 7. The summed E-state index contributed by atoms with van der Waals surface area (Å²) in [5, 5.41) is 6.20. The molecule has 0 heterocycles. The summed E-state index contributed by atoms with van der Waals surface area (Å²) in [5.74, 6) is 0. The summed E-state index contributed by atoms with van der Waals surface area (Å²) in [6, 6.07) is 0. The molecular formula is C7H16N2O. The maximum atomic E-state index is 9.84. The molecule has 3 heteroatoms. The third kappa shape index (κ3) is 7.59. The van der Waals surface area contributed by atoms with E-state index in [9.17, 15) is 4.79 Å². The van der Waals surface area contributed by atoms with Crippen LogP contribution in [-0.2, 0) is 4.79 Å². The highest BCUT2D eigenvalue weighted by Crippen LogP contribution is 1.72. The average Bonchev–Trinajstić information content (AvgIpc) is 1.97. The van der Waals surface area contributed by atoms with Gasteiger partial charge in [0, 0.05) is 13.0 Å². The largest absolute Gasteiger partial charge is 0.320 e. The first-order valence-electron chi connectivity index (χ1n) is 3.70. The van der Waals surface area contributed by atoms with E-state index in [1.165, 1.54) is 0 Å². The van der Waals surface area contributed by atoms with Crippen LogP contribution in [0.5, 0.6) is 0 Å². The molecule has 2 N–H and O–H groups in total. The molecule has 0 aliphatic heterocycles. The maximum absolute atomic E-state index is 9.84. The minimum Gasteiger partial charge on any atom is -0.320 e. The highest BCUT2D eigenvalue weighted by atomic mass is 16.1. The van der Waals surface area contributed by atoms with Crippen LogP contribution in [0.1, 0.15) is 12.8 Å². The van der Waals surface area contributed by atoms with E-state index >= 15 is 0 Å². The standard InChI is InChI=1S/C7H16N2O/c1-8-4-2-5-9-6-3-7-10/h7-9H,2-6H2,1H3. The SMILES string of the molecule is CNCCCNCCC=O. The van der Waals surface area contributed by atoms with Gasteiger partial charge in [-0.25, -0.2) is 0 Å². The van der Waals surface area contributed by atoms with Gasteiger partial charge in [0.2, 0.25) is 0 Å². The van der Waals surface area contributed by atoms with Crippen LogP contribution in [0.3, 0.4) is 0 Å². The van der Waals surface area contributed by atoms with Gasteiger partial charge in [-0.05, 0) is 26.6 Å². The highest BCUT2D eigenvalue weighted by molar-refractivity contribution is 5.49. The fourth-order valence-corrected chi connectivity index (χ4v) is 0.676. The van der Waals surface area contributed by atoms with Crippen LogP contribution >= 0.6 is 0 Å². The van der Waals surface area contributed by atoms with E-state index in [2.05, 4.69) is 10.6 Å². The third-order valence-electron chi connectivity index (χ3n) is 1.22. The smallest absolute Gasteiger partial charge is 0.121 e. The molecule has 0 aliphatic carbocycles. The van der Waals surface area contributed by atoms with Gasteiger partial charge in [-0.2, -0.15) is 0 Å². The zero-order chi connectivity index (χ0) is 7.66. The van der Waals surface area contributed by atoms with Gasteiger partial charge >= 0.3 is 0 Å². The molecule has 0 unspecified atom stereocenters. The van der Waals surface area contributed by atoms with Crippen molar-refractivity contribution in [2.24, 2.45) is 0 Å². The lowest BCUT2D eigenvalue weighted by molar-refractivity contribution is -0.107. The quantitative estimate of drug-likeness (QED) is 0.383. The number of aldehydes is 1. The van der Waals surface area contributed by atoms with Crippen LogP contribution in [0.4, 0.5) is 0 Å². The first-order chi connectivity index (χ1) is 4.91. The van der Waals surface area contributed by atoms with E-state index in [0.717, 1.165) is 32.3 Å². The summed E-state index contributed by atoms with van der Waals surface area (Å²) < 4.78 is 0. The van der Waals surface area contributed by atoms with Crippen molar-refractivity contribution in [1.29, 1.82) is 0 Å². The number of carbonyl (C=O) groups excluding carboxylic acids is 1. The lowest BCUT2D eigenvalue weighted by Crippen LogP contribution is -2.20.